The second-order valence-corrected chi connectivity index (χ2v) is 21.1. The number of amides is 3. The molecule has 6 aromatic rings. The molecule has 0 bridgehead atoms. The van der Waals surface area contributed by atoms with Crippen LogP contribution in [0.3, 0.4) is 0 Å². The minimum Gasteiger partial charge on any atom is -0.497 e. The molecule has 6 aromatic carbocycles. The summed E-state index contributed by atoms with van der Waals surface area (Å²) in [5.74, 6) is -0.160. The zero-order valence-electron chi connectivity index (χ0n) is 33.7. The Labute approximate surface area is 345 Å². The van der Waals surface area contributed by atoms with Crippen molar-refractivity contribution in [3.63, 3.8) is 0 Å². The first-order valence-corrected chi connectivity index (χ1v) is 23.3. The summed E-state index contributed by atoms with van der Waals surface area (Å²) >= 11 is 0. The van der Waals surface area contributed by atoms with Gasteiger partial charge in [0, 0.05) is 41.3 Å². The van der Waals surface area contributed by atoms with Gasteiger partial charge in [0.25, 0.3) is 11.8 Å². The third-order valence-corrected chi connectivity index (χ3v) is 17.2. The Bertz CT molecular complexity index is 2580. The molecular formula is C49H47N3O6Si. The third-order valence-electron chi connectivity index (χ3n) is 12.9. The molecule has 0 aliphatic carbocycles. The Balaban J connectivity index is 1.19. The van der Waals surface area contributed by atoms with E-state index in [4.69, 9.17) is 9.47 Å². The van der Waals surface area contributed by atoms with Crippen molar-refractivity contribution < 1.29 is 29.0 Å². The lowest BCUT2D eigenvalue weighted by molar-refractivity contribution is -0.149. The highest BCUT2D eigenvalue weighted by Crippen LogP contribution is 2.62. The van der Waals surface area contributed by atoms with Crippen LogP contribution in [0.1, 0.15) is 34.8 Å². The summed E-state index contributed by atoms with van der Waals surface area (Å²) in [6.45, 7) is 6.99. The number of methoxy groups -OCH3 is 1. The van der Waals surface area contributed by atoms with Gasteiger partial charge in [-0.1, -0.05) is 110 Å². The summed E-state index contributed by atoms with van der Waals surface area (Å²) in [5.41, 5.74) is 3.36. The Kier molecular flexibility index (Phi) is 9.74. The molecule has 4 atom stereocenters. The van der Waals surface area contributed by atoms with Gasteiger partial charge in [-0.3, -0.25) is 24.2 Å². The van der Waals surface area contributed by atoms with Crippen molar-refractivity contribution in [2.24, 2.45) is 5.92 Å². The Morgan fingerprint density at radius 3 is 2.20 bits per heavy atom. The summed E-state index contributed by atoms with van der Waals surface area (Å²) in [5, 5.41) is 13.2. The van der Waals surface area contributed by atoms with Gasteiger partial charge < -0.3 is 19.5 Å². The van der Waals surface area contributed by atoms with Crippen LogP contribution in [0.25, 0.3) is 10.8 Å². The van der Waals surface area contributed by atoms with Gasteiger partial charge in [-0.15, -0.1) is 0 Å². The van der Waals surface area contributed by atoms with Crippen LogP contribution in [0.2, 0.25) is 18.6 Å². The zero-order valence-corrected chi connectivity index (χ0v) is 34.7. The summed E-state index contributed by atoms with van der Waals surface area (Å²) in [6.07, 6.45) is -0.632. The van der Waals surface area contributed by atoms with E-state index in [1.165, 1.54) is 0 Å². The van der Waals surface area contributed by atoms with E-state index in [1.54, 1.807) is 21.8 Å². The predicted molar refractivity (Wildman–Crippen MR) is 234 cm³/mol. The van der Waals surface area contributed by atoms with Crippen molar-refractivity contribution in [1.82, 2.24) is 4.90 Å². The minimum atomic E-state index is -2.61. The predicted octanol–water partition coefficient (Wildman–Crippen LogP) is 8.45. The Morgan fingerprint density at radius 1 is 0.814 bits per heavy atom. The van der Waals surface area contributed by atoms with Gasteiger partial charge in [0.15, 0.2) is 5.60 Å². The normalized spacial score (nSPS) is 20.8. The van der Waals surface area contributed by atoms with Gasteiger partial charge in [0.2, 0.25) is 5.91 Å². The number of hydrogen-bond acceptors (Lipinski definition) is 6. The van der Waals surface area contributed by atoms with Crippen LogP contribution in [0.4, 0.5) is 22.7 Å². The van der Waals surface area contributed by atoms with Crippen molar-refractivity contribution in [2.75, 3.05) is 30.1 Å². The number of rotatable bonds is 11. The molecule has 3 aliphatic heterocycles. The van der Waals surface area contributed by atoms with Crippen LogP contribution < -0.4 is 19.7 Å². The molecule has 1 N–H and O–H groups in total. The van der Waals surface area contributed by atoms with Crippen LogP contribution in [-0.4, -0.2) is 62.2 Å². The van der Waals surface area contributed by atoms with E-state index >= 15 is 4.79 Å². The zero-order chi connectivity index (χ0) is 41.1. The van der Waals surface area contributed by atoms with E-state index in [2.05, 4.69) is 32.2 Å². The van der Waals surface area contributed by atoms with Crippen molar-refractivity contribution in [3.8, 4) is 5.75 Å². The summed E-state index contributed by atoms with van der Waals surface area (Å²) in [6, 6.07) is 45.0. The molecule has 3 heterocycles. The standard InChI is InChI=1S/C49H47N3O6Si/c1-32-46(59(3,4)38-24-22-37(57-2)23-25-38)43(30-44(54)50(27-28-53)31-33-13-7-5-8-14-33)58-49(32)40-29-36(21-26-41(40)52(48(49)56)35-17-9-6-10-18-35)51-42-20-12-16-34-15-11-19-39(45(34)42)47(51)55/h5-26,29,32,43,46,53H,27-28,30-31H2,1-4H3/t32-,43+,46-,49+/m0/s1. The molecule has 0 unspecified atom stereocenters. The lowest BCUT2D eigenvalue weighted by Crippen LogP contribution is -2.52. The van der Waals surface area contributed by atoms with Crippen LogP contribution in [0.15, 0.2) is 140 Å². The molecule has 59 heavy (non-hydrogen) atoms. The van der Waals surface area contributed by atoms with Crippen LogP contribution in [-0.2, 0) is 26.5 Å². The van der Waals surface area contributed by atoms with Gasteiger partial charge in [-0.25, -0.2) is 0 Å². The first-order chi connectivity index (χ1) is 28.6. The average Bonchev–Trinajstić information content (AvgIpc) is 3.82. The number of para-hydroxylation sites is 1. The summed E-state index contributed by atoms with van der Waals surface area (Å²) in [4.78, 5) is 49.6. The third kappa shape index (κ3) is 6.16. The van der Waals surface area contributed by atoms with Gasteiger partial charge in [0.05, 0.1) is 51.3 Å². The largest absolute Gasteiger partial charge is 0.497 e. The van der Waals surface area contributed by atoms with E-state index in [0.29, 0.717) is 34.7 Å². The van der Waals surface area contributed by atoms with Gasteiger partial charge in [-0.05, 0) is 71.1 Å². The van der Waals surface area contributed by atoms with Crippen molar-refractivity contribution in [1.29, 1.82) is 0 Å². The van der Waals surface area contributed by atoms with E-state index in [1.807, 2.05) is 127 Å². The Hall–Kier alpha value is -6.07. The summed E-state index contributed by atoms with van der Waals surface area (Å²) < 4.78 is 12.9. The molecule has 9 nitrogen and oxygen atoms in total. The fraction of sp³-hybridized carbons (Fsp3) is 0.245. The fourth-order valence-corrected chi connectivity index (χ4v) is 14.1. The lowest BCUT2D eigenvalue weighted by atomic mass is 9.82. The topological polar surface area (TPSA) is 99.6 Å². The van der Waals surface area contributed by atoms with E-state index in [9.17, 15) is 14.7 Å². The molecule has 9 rings (SSSR count). The van der Waals surface area contributed by atoms with Crippen molar-refractivity contribution in [2.45, 2.75) is 50.2 Å². The number of benzene rings is 6. The summed E-state index contributed by atoms with van der Waals surface area (Å²) in [7, 11) is -0.963. The Morgan fingerprint density at radius 2 is 1.51 bits per heavy atom. The number of carbonyl (C=O) groups excluding carboxylic acids is 3. The number of nitrogens with zero attached hydrogens (tertiary/aromatic N) is 3. The maximum atomic E-state index is 15.6. The molecule has 0 aromatic heterocycles. The maximum absolute atomic E-state index is 15.6. The number of ether oxygens (including phenoxy) is 2. The van der Waals surface area contributed by atoms with Gasteiger partial charge in [-0.2, -0.15) is 0 Å². The highest BCUT2D eigenvalue weighted by atomic mass is 28.3. The second kappa shape index (κ2) is 14.9. The van der Waals surface area contributed by atoms with Crippen LogP contribution >= 0.6 is 0 Å². The average molecular weight is 802 g/mol. The van der Waals surface area contributed by atoms with Crippen LogP contribution in [0, 0.1) is 5.92 Å². The van der Waals surface area contributed by atoms with E-state index in [0.717, 1.165) is 33.0 Å². The van der Waals surface area contributed by atoms with E-state index in [-0.39, 0.29) is 42.8 Å². The second-order valence-electron chi connectivity index (χ2n) is 16.4. The maximum Gasteiger partial charge on any atom is 0.268 e. The number of aliphatic hydroxyl groups is 1. The van der Waals surface area contributed by atoms with Crippen molar-refractivity contribution >= 4 is 64.5 Å². The molecule has 1 saturated heterocycles. The van der Waals surface area contributed by atoms with Crippen molar-refractivity contribution in [3.05, 3.63) is 156 Å². The molecular weight excluding hydrogens is 755 g/mol. The quantitative estimate of drug-likeness (QED) is 0.132. The lowest BCUT2D eigenvalue weighted by Gasteiger charge is -2.37. The molecule has 3 amide bonds. The molecule has 0 saturated carbocycles. The molecule has 3 aliphatic rings. The number of anilines is 4. The molecule has 1 spiro atoms. The SMILES string of the molecule is COc1ccc([Si](C)(C)[C@@H]2[C@@H](CC(=O)N(CCO)Cc3ccccc3)O[C@]3(C(=O)N(c4ccccc4)c4ccc(N5C(=O)c6cccc7cccc5c67)cc43)[C@H]2C)cc1. The molecule has 298 valence electrons. The minimum absolute atomic E-state index is 0.0196. The first kappa shape index (κ1) is 38.4. The fourth-order valence-electron chi connectivity index (χ4n) is 10.1. The monoisotopic (exact) mass is 801 g/mol. The number of aliphatic hydroxyl groups excluding tert-OH is 1. The number of fused-ring (bicyclic) bond motifs is 2. The molecule has 0 radical (unpaired) electrons. The number of hydrogen-bond donors (Lipinski definition) is 1. The van der Waals surface area contributed by atoms with Crippen LogP contribution in [0.5, 0.6) is 5.75 Å². The van der Waals surface area contributed by atoms with E-state index < -0.39 is 25.7 Å². The molecule has 10 heteroatoms. The first-order valence-electron chi connectivity index (χ1n) is 20.2. The molecule has 1 fully saturated rings. The number of carbonyl (C=O) groups is 3. The highest BCUT2D eigenvalue weighted by molar-refractivity contribution is 6.91. The highest BCUT2D eigenvalue weighted by Gasteiger charge is 2.67. The smallest absolute Gasteiger partial charge is 0.268 e. The van der Waals surface area contributed by atoms with Gasteiger partial charge >= 0.3 is 0 Å². The van der Waals surface area contributed by atoms with Gasteiger partial charge in [0.1, 0.15) is 5.75 Å².